The summed E-state index contributed by atoms with van der Waals surface area (Å²) in [7, 11) is 0. The second-order valence-electron chi connectivity index (χ2n) is 5.19. The van der Waals surface area contributed by atoms with Crippen LogP contribution in [-0.2, 0) is 17.6 Å². The molecule has 0 aliphatic heterocycles. The molecule has 1 aliphatic carbocycles. The first-order chi connectivity index (χ1) is 9.49. The molecule has 0 saturated carbocycles. The largest absolute Gasteiger partial charge is 0.370 e. The number of aromatic amines is 1. The number of hydrogen-bond acceptors (Lipinski definition) is 4. The molecule has 1 atom stereocenters. The smallest absolute Gasteiger partial charge is 0.263 e. The summed E-state index contributed by atoms with van der Waals surface area (Å²) in [5.74, 6) is -0.436. The van der Waals surface area contributed by atoms with Gasteiger partial charge in [0.05, 0.1) is 5.39 Å². The first-order valence-electron chi connectivity index (χ1n) is 6.56. The lowest BCUT2D eigenvalue weighted by Gasteiger charge is -2.13. The van der Waals surface area contributed by atoms with Crippen LogP contribution < -0.4 is 11.3 Å². The number of thiophene rings is 1. The van der Waals surface area contributed by atoms with Gasteiger partial charge in [-0.25, -0.2) is 0 Å². The number of carbonyl (C=O) groups excluding carboxylic acids is 1. The molecular formula is C13H15N3O2S2. The van der Waals surface area contributed by atoms with Crippen molar-refractivity contribution >= 4 is 39.7 Å². The summed E-state index contributed by atoms with van der Waals surface area (Å²) in [4.78, 5) is 29.1. The van der Waals surface area contributed by atoms with E-state index in [2.05, 4.69) is 4.98 Å². The molecule has 106 valence electrons. The molecule has 2 aromatic heterocycles. The van der Waals surface area contributed by atoms with Crippen LogP contribution in [0.25, 0.3) is 10.2 Å². The quantitative estimate of drug-likeness (QED) is 0.851. The number of H-pyrrole nitrogens is 1. The zero-order valence-corrected chi connectivity index (χ0v) is 12.7. The van der Waals surface area contributed by atoms with E-state index in [9.17, 15) is 9.59 Å². The standard InChI is InChI=1S/C13H15N3O2S2/c1-6(5-9(14)17)16-12(18)10-7-3-2-4-8(7)20-11(10)15-13(16)19/h6H,2-5H2,1H3,(H2,14,17)(H,15,19). The minimum atomic E-state index is -0.436. The summed E-state index contributed by atoms with van der Waals surface area (Å²) < 4.78 is 1.84. The monoisotopic (exact) mass is 309 g/mol. The fraction of sp³-hybridized carbons (Fsp3) is 0.462. The van der Waals surface area contributed by atoms with Crippen molar-refractivity contribution in [2.45, 2.75) is 38.6 Å². The van der Waals surface area contributed by atoms with Gasteiger partial charge >= 0.3 is 0 Å². The van der Waals surface area contributed by atoms with Gasteiger partial charge in [-0.2, -0.15) is 0 Å². The molecule has 20 heavy (non-hydrogen) atoms. The number of carbonyl (C=O) groups is 1. The zero-order valence-electron chi connectivity index (χ0n) is 11.1. The van der Waals surface area contributed by atoms with E-state index >= 15 is 0 Å². The van der Waals surface area contributed by atoms with Gasteiger partial charge in [-0.1, -0.05) is 0 Å². The Kier molecular flexibility index (Phi) is 3.25. The normalized spacial score (nSPS) is 15.4. The SMILES string of the molecule is CC(CC(N)=O)n1c(=S)[nH]c2sc3c(c2c1=O)CCC3. The summed E-state index contributed by atoms with van der Waals surface area (Å²) >= 11 is 6.89. The maximum atomic E-state index is 12.7. The number of primary amides is 1. The van der Waals surface area contributed by atoms with Gasteiger partial charge in [-0.15, -0.1) is 11.3 Å². The maximum absolute atomic E-state index is 12.7. The third-order valence-corrected chi connectivity index (χ3v) is 5.24. The Hall–Kier alpha value is -1.47. The van der Waals surface area contributed by atoms with E-state index in [1.54, 1.807) is 18.3 Å². The van der Waals surface area contributed by atoms with Gasteiger partial charge in [0.25, 0.3) is 5.56 Å². The Morgan fingerprint density at radius 2 is 2.30 bits per heavy atom. The van der Waals surface area contributed by atoms with Gasteiger partial charge in [0.1, 0.15) is 4.83 Å². The zero-order chi connectivity index (χ0) is 14.4. The van der Waals surface area contributed by atoms with Crippen LogP contribution in [0.15, 0.2) is 4.79 Å². The molecule has 0 radical (unpaired) electrons. The second kappa shape index (κ2) is 4.82. The molecule has 3 rings (SSSR count). The fourth-order valence-corrected chi connectivity index (χ4v) is 4.58. The number of nitrogens with two attached hydrogens (primary N) is 1. The molecule has 7 heteroatoms. The number of rotatable bonds is 3. The summed E-state index contributed by atoms with van der Waals surface area (Å²) in [6.45, 7) is 1.79. The molecule has 0 bridgehead atoms. The highest BCUT2D eigenvalue weighted by Gasteiger charge is 2.22. The van der Waals surface area contributed by atoms with Crippen LogP contribution in [0.1, 0.15) is 36.2 Å². The van der Waals surface area contributed by atoms with Crippen LogP contribution in [-0.4, -0.2) is 15.5 Å². The lowest BCUT2D eigenvalue weighted by Crippen LogP contribution is -2.28. The lowest BCUT2D eigenvalue weighted by molar-refractivity contribution is -0.118. The van der Waals surface area contributed by atoms with Crippen LogP contribution in [0.4, 0.5) is 0 Å². The van der Waals surface area contributed by atoms with Gasteiger partial charge in [-0.3, -0.25) is 14.2 Å². The van der Waals surface area contributed by atoms with Crippen molar-refractivity contribution in [1.29, 1.82) is 0 Å². The molecule has 1 aliphatic rings. The molecule has 1 unspecified atom stereocenters. The van der Waals surface area contributed by atoms with Crippen LogP contribution in [0.5, 0.6) is 0 Å². The van der Waals surface area contributed by atoms with E-state index in [-0.39, 0.29) is 18.0 Å². The Balaban J connectivity index is 2.26. The van der Waals surface area contributed by atoms with Crippen molar-refractivity contribution in [3.63, 3.8) is 0 Å². The fourth-order valence-electron chi connectivity index (χ4n) is 2.87. The van der Waals surface area contributed by atoms with Crippen molar-refractivity contribution in [3.05, 3.63) is 25.6 Å². The molecule has 1 amide bonds. The first kappa shape index (κ1) is 13.5. The Morgan fingerprint density at radius 3 is 3.00 bits per heavy atom. The van der Waals surface area contributed by atoms with E-state index in [4.69, 9.17) is 18.0 Å². The molecular weight excluding hydrogens is 294 g/mol. The van der Waals surface area contributed by atoms with Gasteiger partial charge in [-0.05, 0) is 44.0 Å². The van der Waals surface area contributed by atoms with Crippen molar-refractivity contribution in [1.82, 2.24) is 9.55 Å². The Morgan fingerprint density at radius 1 is 1.55 bits per heavy atom. The van der Waals surface area contributed by atoms with Crippen molar-refractivity contribution in [2.75, 3.05) is 0 Å². The van der Waals surface area contributed by atoms with E-state index in [1.807, 2.05) is 0 Å². The number of hydrogen-bond donors (Lipinski definition) is 2. The highest BCUT2D eigenvalue weighted by atomic mass is 32.1. The van der Waals surface area contributed by atoms with Crippen molar-refractivity contribution < 1.29 is 4.79 Å². The van der Waals surface area contributed by atoms with Gasteiger partial charge < -0.3 is 10.7 Å². The van der Waals surface area contributed by atoms with Crippen molar-refractivity contribution in [2.24, 2.45) is 5.73 Å². The average Bonchev–Trinajstić information content (AvgIpc) is 2.86. The van der Waals surface area contributed by atoms with Crippen LogP contribution in [0.2, 0.25) is 0 Å². The van der Waals surface area contributed by atoms with Crippen LogP contribution in [0.3, 0.4) is 0 Å². The highest BCUT2D eigenvalue weighted by molar-refractivity contribution is 7.71. The number of amides is 1. The summed E-state index contributed by atoms with van der Waals surface area (Å²) in [5, 5.41) is 0.743. The minimum absolute atomic E-state index is 0.100. The third kappa shape index (κ3) is 2.01. The van der Waals surface area contributed by atoms with E-state index in [0.29, 0.717) is 4.77 Å². The number of nitrogens with zero attached hydrogens (tertiary/aromatic N) is 1. The number of nitrogens with one attached hydrogen (secondary N) is 1. The van der Waals surface area contributed by atoms with Crippen LogP contribution in [0, 0.1) is 4.77 Å². The highest BCUT2D eigenvalue weighted by Crippen LogP contribution is 2.34. The second-order valence-corrected chi connectivity index (χ2v) is 6.68. The predicted octanol–water partition coefficient (Wildman–Crippen LogP) is 2.05. The molecule has 3 N–H and O–H groups in total. The van der Waals surface area contributed by atoms with E-state index in [0.717, 1.165) is 35.0 Å². The lowest BCUT2D eigenvalue weighted by atomic mass is 10.2. The van der Waals surface area contributed by atoms with Gasteiger partial charge in [0.15, 0.2) is 4.77 Å². The number of aryl methyl sites for hydroxylation is 2. The molecule has 5 nitrogen and oxygen atoms in total. The minimum Gasteiger partial charge on any atom is -0.370 e. The maximum Gasteiger partial charge on any atom is 0.263 e. The third-order valence-electron chi connectivity index (χ3n) is 3.73. The average molecular weight is 309 g/mol. The Labute approximate surface area is 124 Å². The number of aromatic nitrogens is 2. The molecule has 0 spiro atoms. The number of fused-ring (bicyclic) bond motifs is 3. The molecule has 2 heterocycles. The summed E-state index contributed by atoms with van der Waals surface area (Å²) in [5.41, 5.74) is 6.27. The molecule has 0 fully saturated rings. The topological polar surface area (TPSA) is 80.9 Å². The molecule has 2 aromatic rings. The van der Waals surface area contributed by atoms with Crippen LogP contribution >= 0.6 is 23.6 Å². The van der Waals surface area contributed by atoms with Crippen molar-refractivity contribution in [3.8, 4) is 0 Å². The summed E-state index contributed by atoms with van der Waals surface area (Å²) in [6.07, 6.45) is 3.18. The van der Waals surface area contributed by atoms with E-state index < -0.39 is 5.91 Å². The van der Waals surface area contributed by atoms with Gasteiger partial charge in [0.2, 0.25) is 5.91 Å². The predicted molar refractivity (Wildman–Crippen MR) is 81.8 cm³/mol. The Bertz CT molecular complexity index is 815. The molecule has 0 saturated heterocycles. The molecule has 0 aromatic carbocycles. The van der Waals surface area contributed by atoms with E-state index in [1.165, 1.54) is 9.44 Å². The first-order valence-corrected chi connectivity index (χ1v) is 7.79. The summed E-state index contributed by atoms with van der Waals surface area (Å²) in [6, 6.07) is -0.329. The van der Waals surface area contributed by atoms with Gasteiger partial charge in [0, 0.05) is 17.3 Å².